The molecule has 0 saturated heterocycles. The van der Waals surface area contributed by atoms with Gasteiger partial charge in [0.2, 0.25) is 0 Å². The summed E-state index contributed by atoms with van der Waals surface area (Å²) < 4.78 is 0. The molecule has 0 fully saturated rings. The number of aromatic nitrogens is 1. The Morgan fingerprint density at radius 1 is 1.46 bits per heavy atom. The first-order chi connectivity index (χ1) is 6.40. The summed E-state index contributed by atoms with van der Waals surface area (Å²) in [5, 5.41) is 3.33. The van der Waals surface area contributed by atoms with Crippen LogP contribution in [0.5, 0.6) is 0 Å². The van der Waals surface area contributed by atoms with Gasteiger partial charge in [-0.3, -0.25) is 0 Å². The normalized spacial score (nSPS) is 14.8. The van der Waals surface area contributed by atoms with E-state index in [0.717, 1.165) is 30.9 Å². The van der Waals surface area contributed by atoms with Gasteiger partial charge in [0.25, 0.3) is 0 Å². The summed E-state index contributed by atoms with van der Waals surface area (Å²) in [5.74, 6) is 1.09. The molecule has 1 aromatic heterocycles. The molecular weight excluding hydrogens is 160 g/mol. The van der Waals surface area contributed by atoms with Crippen molar-refractivity contribution in [3.05, 3.63) is 30.3 Å². The molecule has 2 heteroatoms. The van der Waals surface area contributed by atoms with Crippen molar-refractivity contribution in [3.63, 3.8) is 0 Å². The van der Waals surface area contributed by atoms with E-state index in [0.29, 0.717) is 0 Å². The van der Waals surface area contributed by atoms with Crippen LogP contribution >= 0.6 is 0 Å². The van der Waals surface area contributed by atoms with Gasteiger partial charge in [-0.15, -0.1) is 0 Å². The summed E-state index contributed by atoms with van der Waals surface area (Å²) >= 11 is 0. The molecule has 0 aromatic carbocycles. The summed E-state index contributed by atoms with van der Waals surface area (Å²) in [6.07, 6.45) is 4.30. The van der Waals surface area contributed by atoms with Crippen LogP contribution in [-0.4, -0.2) is 11.5 Å². The van der Waals surface area contributed by atoms with Crippen molar-refractivity contribution in [1.29, 1.82) is 0 Å². The average molecular weight is 175 g/mol. The number of nitrogens with one attached hydrogen (secondary N) is 1. The molecule has 2 rings (SSSR count). The fourth-order valence-electron chi connectivity index (χ4n) is 1.69. The first-order valence-corrected chi connectivity index (χ1v) is 4.92. The molecule has 0 spiro atoms. The second kappa shape index (κ2) is 3.77. The van der Waals surface area contributed by atoms with Crippen LogP contribution in [0.15, 0.2) is 12.1 Å². The highest BCUT2D eigenvalue weighted by atomic mass is 15.0. The minimum absolute atomic E-state index is 0.922. The van der Waals surface area contributed by atoms with Gasteiger partial charge in [-0.05, 0) is 37.3 Å². The fourth-order valence-corrected chi connectivity index (χ4v) is 1.69. The molecule has 69 valence electrons. The van der Waals surface area contributed by atoms with Crippen LogP contribution in [0.1, 0.15) is 24.1 Å². The highest BCUT2D eigenvalue weighted by molar-refractivity contribution is 5.46. The van der Waals surface area contributed by atoms with Gasteiger partial charge >= 0.3 is 0 Å². The largest absolute Gasteiger partial charge is 0.370 e. The molecule has 0 bridgehead atoms. The summed E-state index contributed by atoms with van der Waals surface area (Å²) in [6.45, 7) is 4.90. The Labute approximate surface area is 79.4 Å². The molecule has 0 amide bonds. The second-order valence-corrected chi connectivity index (χ2v) is 3.44. The van der Waals surface area contributed by atoms with E-state index in [-0.39, 0.29) is 0 Å². The molecular formula is C11H15N2. The molecule has 1 aliphatic rings. The van der Waals surface area contributed by atoms with E-state index in [9.17, 15) is 0 Å². The Hall–Kier alpha value is -1.05. The van der Waals surface area contributed by atoms with Gasteiger partial charge in [0.1, 0.15) is 5.82 Å². The zero-order chi connectivity index (χ0) is 9.10. The van der Waals surface area contributed by atoms with Gasteiger partial charge in [0.05, 0.1) is 0 Å². The van der Waals surface area contributed by atoms with Crippen molar-refractivity contribution in [2.75, 3.05) is 11.9 Å². The molecule has 1 aliphatic heterocycles. The van der Waals surface area contributed by atoms with Crippen molar-refractivity contribution < 1.29 is 0 Å². The molecule has 13 heavy (non-hydrogen) atoms. The second-order valence-electron chi connectivity index (χ2n) is 3.44. The van der Waals surface area contributed by atoms with Crippen LogP contribution in [0, 0.1) is 6.92 Å². The number of pyridine rings is 1. The summed E-state index contributed by atoms with van der Waals surface area (Å²) in [7, 11) is 0. The van der Waals surface area contributed by atoms with Crippen LogP contribution in [0.3, 0.4) is 0 Å². The number of aryl methyl sites for hydroxylation is 2. The lowest BCUT2D eigenvalue weighted by atomic mass is 10.1. The number of fused-ring (bicyclic) bond motifs is 1. The molecule has 2 heterocycles. The predicted molar refractivity (Wildman–Crippen MR) is 54.7 cm³/mol. The number of hydrogen-bond acceptors (Lipinski definition) is 2. The first-order valence-electron chi connectivity index (χ1n) is 4.92. The van der Waals surface area contributed by atoms with Crippen LogP contribution < -0.4 is 5.32 Å². The summed E-state index contributed by atoms with van der Waals surface area (Å²) in [6, 6.07) is 4.32. The van der Waals surface area contributed by atoms with Gasteiger partial charge in [0.15, 0.2) is 0 Å². The highest BCUT2D eigenvalue weighted by Crippen LogP contribution is 2.19. The van der Waals surface area contributed by atoms with E-state index in [1.807, 2.05) is 0 Å². The SMILES string of the molecule is [CH2]CCc1ccc2c(n1)NCCC2. The van der Waals surface area contributed by atoms with E-state index in [1.165, 1.54) is 18.4 Å². The Bertz CT molecular complexity index is 294. The molecule has 0 saturated carbocycles. The molecule has 0 aliphatic carbocycles. The van der Waals surface area contributed by atoms with E-state index >= 15 is 0 Å². The highest BCUT2D eigenvalue weighted by Gasteiger charge is 2.09. The number of hydrogen-bond donors (Lipinski definition) is 1. The Balaban J connectivity index is 2.24. The Morgan fingerprint density at radius 3 is 3.23 bits per heavy atom. The van der Waals surface area contributed by atoms with Crippen molar-refractivity contribution in [3.8, 4) is 0 Å². The fraction of sp³-hybridized carbons (Fsp3) is 0.455. The lowest BCUT2D eigenvalue weighted by Crippen LogP contribution is -2.13. The van der Waals surface area contributed by atoms with E-state index in [4.69, 9.17) is 0 Å². The number of anilines is 1. The zero-order valence-electron chi connectivity index (χ0n) is 7.84. The van der Waals surface area contributed by atoms with Crippen molar-refractivity contribution in [2.24, 2.45) is 0 Å². The molecule has 0 atom stereocenters. The third-order valence-electron chi connectivity index (χ3n) is 2.38. The zero-order valence-corrected chi connectivity index (χ0v) is 7.84. The van der Waals surface area contributed by atoms with Crippen molar-refractivity contribution in [2.45, 2.75) is 25.7 Å². The van der Waals surface area contributed by atoms with Crippen LogP contribution in [0.2, 0.25) is 0 Å². The van der Waals surface area contributed by atoms with Gasteiger partial charge in [-0.2, -0.15) is 0 Å². The lowest BCUT2D eigenvalue weighted by molar-refractivity contribution is 0.807. The number of rotatable bonds is 2. The molecule has 1 radical (unpaired) electrons. The lowest BCUT2D eigenvalue weighted by Gasteiger charge is -2.17. The van der Waals surface area contributed by atoms with Gasteiger partial charge in [-0.25, -0.2) is 4.98 Å². The first kappa shape index (κ1) is 8.54. The quantitative estimate of drug-likeness (QED) is 0.745. The predicted octanol–water partition coefficient (Wildman–Crippen LogP) is 2.21. The minimum Gasteiger partial charge on any atom is -0.370 e. The minimum atomic E-state index is 0.922. The third-order valence-corrected chi connectivity index (χ3v) is 2.38. The molecule has 1 aromatic rings. The topological polar surface area (TPSA) is 24.9 Å². The monoisotopic (exact) mass is 175 g/mol. The molecule has 1 N–H and O–H groups in total. The van der Waals surface area contributed by atoms with Crippen molar-refractivity contribution in [1.82, 2.24) is 4.98 Å². The maximum absolute atomic E-state index is 4.55. The standard InChI is InChI=1S/C11H15N2/c1-2-4-10-7-6-9-5-3-8-12-11(9)13-10/h6-7H,1-5,8H2,(H,12,13). The molecule has 2 nitrogen and oxygen atoms in total. The average Bonchev–Trinajstić information content (AvgIpc) is 2.18. The maximum atomic E-state index is 4.55. The van der Waals surface area contributed by atoms with Crippen LogP contribution in [-0.2, 0) is 12.8 Å². The van der Waals surface area contributed by atoms with Crippen LogP contribution in [0.4, 0.5) is 5.82 Å². The smallest absolute Gasteiger partial charge is 0.129 e. The Morgan fingerprint density at radius 2 is 2.38 bits per heavy atom. The number of nitrogens with zero attached hydrogens (tertiary/aromatic N) is 1. The summed E-state index contributed by atoms with van der Waals surface area (Å²) in [5.41, 5.74) is 2.52. The Kier molecular flexibility index (Phi) is 2.48. The van der Waals surface area contributed by atoms with E-state index in [2.05, 4.69) is 29.4 Å². The van der Waals surface area contributed by atoms with E-state index in [1.54, 1.807) is 0 Å². The van der Waals surface area contributed by atoms with E-state index < -0.39 is 0 Å². The third kappa shape index (κ3) is 1.82. The van der Waals surface area contributed by atoms with Gasteiger partial charge in [-0.1, -0.05) is 13.0 Å². The van der Waals surface area contributed by atoms with Crippen LogP contribution in [0.25, 0.3) is 0 Å². The van der Waals surface area contributed by atoms with Crippen molar-refractivity contribution >= 4 is 5.82 Å². The summed E-state index contributed by atoms with van der Waals surface area (Å²) in [4.78, 5) is 4.55. The maximum Gasteiger partial charge on any atom is 0.129 e. The van der Waals surface area contributed by atoms with Gasteiger partial charge < -0.3 is 5.32 Å². The molecule has 0 unspecified atom stereocenters. The van der Waals surface area contributed by atoms with Gasteiger partial charge in [0, 0.05) is 12.2 Å².